The van der Waals surface area contributed by atoms with Crippen LogP contribution in [0.1, 0.15) is 11.3 Å². The molecule has 0 unspecified atom stereocenters. The molecule has 1 heterocycles. The molecule has 0 aliphatic heterocycles. The number of rotatable bonds is 2. The van der Waals surface area contributed by atoms with Crippen molar-refractivity contribution in [1.82, 2.24) is 4.98 Å². The normalized spacial score (nSPS) is 10.1. The van der Waals surface area contributed by atoms with Gasteiger partial charge in [-0.15, -0.1) is 0 Å². The van der Waals surface area contributed by atoms with Crippen LogP contribution in [0.2, 0.25) is 0 Å². The zero-order valence-electron chi connectivity index (χ0n) is 8.35. The Labute approximate surface area is 88.8 Å². The third kappa shape index (κ3) is 2.47. The summed E-state index contributed by atoms with van der Waals surface area (Å²) in [6.45, 7) is 0. The van der Waals surface area contributed by atoms with Crippen molar-refractivity contribution >= 4 is 11.4 Å². The van der Waals surface area contributed by atoms with Crippen LogP contribution in [0.3, 0.4) is 0 Å². The lowest BCUT2D eigenvalue weighted by molar-refractivity contribution is 1.08. The number of nitrogens with zero attached hydrogens (tertiary/aromatic N) is 1. The molecule has 0 aliphatic rings. The maximum atomic E-state index is 5.61. The highest BCUT2D eigenvalue weighted by molar-refractivity contribution is 5.41. The predicted molar refractivity (Wildman–Crippen MR) is 62.3 cm³/mol. The lowest BCUT2D eigenvalue weighted by Crippen LogP contribution is -1.94. The Kier molecular flexibility index (Phi) is 2.54. The van der Waals surface area contributed by atoms with E-state index in [-0.39, 0.29) is 0 Å². The molecule has 0 bridgehead atoms. The average molecular weight is 199 g/mol. The largest absolute Gasteiger partial charge is 0.399 e. The number of anilines is 2. The molecule has 76 valence electrons. The lowest BCUT2D eigenvalue weighted by Gasteiger charge is -2.02. The van der Waals surface area contributed by atoms with Crippen molar-refractivity contribution in [1.29, 1.82) is 0 Å². The molecule has 0 fully saturated rings. The summed E-state index contributed by atoms with van der Waals surface area (Å²) in [6, 6.07) is 11.6. The number of nitrogens with two attached hydrogens (primary N) is 2. The van der Waals surface area contributed by atoms with Crippen LogP contribution in [0.5, 0.6) is 0 Å². The van der Waals surface area contributed by atoms with E-state index in [1.807, 2.05) is 36.4 Å². The Balaban J connectivity index is 2.15. The summed E-state index contributed by atoms with van der Waals surface area (Å²) < 4.78 is 0. The van der Waals surface area contributed by atoms with Gasteiger partial charge in [0.05, 0.1) is 11.9 Å². The van der Waals surface area contributed by atoms with Crippen LogP contribution in [-0.4, -0.2) is 4.98 Å². The smallest absolute Gasteiger partial charge is 0.0501 e. The highest BCUT2D eigenvalue weighted by Gasteiger charge is 1.97. The van der Waals surface area contributed by atoms with Crippen LogP contribution in [0.15, 0.2) is 42.6 Å². The van der Waals surface area contributed by atoms with E-state index in [0.29, 0.717) is 5.69 Å². The van der Waals surface area contributed by atoms with Gasteiger partial charge in [0.1, 0.15) is 0 Å². The van der Waals surface area contributed by atoms with E-state index in [1.54, 1.807) is 6.20 Å². The minimum Gasteiger partial charge on any atom is -0.399 e. The molecule has 2 rings (SSSR count). The molecule has 0 saturated carbocycles. The molecular weight excluding hydrogens is 186 g/mol. The van der Waals surface area contributed by atoms with Gasteiger partial charge in [-0.05, 0) is 29.8 Å². The summed E-state index contributed by atoms with van der Waals surface area (Å²) in [5.41, 5.74) is 14.8. The van der Waals surface area contributed by atoms with Crippen molar-refractivity contribution in [3.05, 3.63) is 53.9 Å². The summed E-state index contributed by atoms with van der Waals surface area (Å²) in [6.07, 6.45) is 2.48. The van der Waals surface area contributed by atoms with Crippen LogP contribution in [0, 0.1) is 0 Å². The van der Waals surface area contributed by atoms with Crippen molar-refractivity contribution in [2.75, 3.05) is 11.5 Å². The van der Waals surface area contributed by atoms with E-state index >= 15 is 0 Å². The number of aromatic nitrogens is 1. The van der Waals surface area contributed by atoms with Crippen molar-refractivity contribution in [2.45, 2.75) is 6.42 Å². The summed E-state index contributed by atoms with van der Waals surface area (Å²) in [5.74, 6) is 0. The van der Waals surface area contributed by atoms with Gasteiger partial charge in [-0.25, -0.2) is 0 Å². The monoisotopic (exact) mass is 199 g/mol. The predicted octanol–water partition coefficient (Wildman–Crippen LogP) is 1.84. The van der Waals surface area contributed by atoms with E-state index in [2.05, 4.69) is 4.98 Å². The van der Waals surface area contributed by atoms with E-state index in [1.165, 1.54) is 5.56 Å². The third-order valence-corrected chi connectivity index (χ3v) is 2.21. The van der Waals surface area contributed by atoms with Gasteiger partial charge in [0.25, 0.3) is 0 Å². The molecule has 0 saturated heterocycles. The number of benzene rings is 1. The number of hydrogen-bond donors (Lipinski definition) is 2. The van der Waals surface area contributed by atoms with E-state index in [4.69, 9.17) is 11.5 Å². The quantitative estimate of drug-likeness (QED) is 0.725. The Morgan fingerprint density at radius 3 is 2.13 bits per heavy atom. The highest BCUT2D eigenvalue weighted by atomic mass is 14.7. The maximum absolute atomic E-state index is 5.61. The Bertz CT molecular complexity index is 388. The fourth-order valence-corrected chi connectivity index (χ4v) is 1.39. The van der Waals surface area contributed by atoms with E-state index in [0.717, 1.165) is 17.8 Å². The SMILES string of the molecule is Nc1ccc(Cc2ccc(N)cn2)cc1. The Morgan fingerprint density at radius 1 is 0.867 bits per heavy atom. The van der Waals surface area contributed by atoms with E-state index in [9.17, 15) is 0 Å². The van der Waals surface area contributed by atoms with Crippen LogP contribution >= 0.6 is 0 Å². The molecule has 4 N–H and O–H groups in total. The van der Waals surface area contributed by atoms with Crippen molar-refractivity contribution in [3.8, 4) is 0 Å². The van der Waals surface area contributed by atoms with Gasteiger partial charge in [-0.2, -0.15) is 0 Å². The van der Waals surface area contributed by atoms with E-state index < -0.39 is 0 Å². The molecule has 0 radical (unpaired) electrons. The zero-order valence-corrected chi connectivity index (χ0v) is 8.35. The van der Waals surface area contributed by atoms with Crippen molar-refractivity contribution < 1.29 is 0 Å². The molecule has 2 aromatic rings. The molecule has 0 atom stereocenters. The average Bonchev–Trinajstić information content (AvgIpc) is 2.25. The van der Waals surface area contributed by atoms with Crippen LogP contribution in [0.4, 0.5) is 11.4 Å². The first-order chi connectivity index (χ1) is 7.24. The topological polar surface area (TPSA) is 64.9 Å². The first-order valence-corrected chi connectivity index (χ1v) is 4.79. The second-order valence-electron chi connectivity index (χ2n) is 3.50. The molecular formula is C12H13N3. The van der Waals surface area contributed by atoms with Gasteiger partial charge in [0.2, 0.25) is 0 Å². The molecule has 3 nitrogen and oxygen atoms in total. The standard InChI is InChI=1S/C12H13N3/c13-10-3-1-9(2-4-10)7-12-6-5-11(14)8-15-12/h1-6,8H,7,13-14H2. The summed E-state index contributed by atoms with van der Waals surface area (Å²) in [4.78, 5) is 4.24. The van der Waals surface area contributed by atoms with Crippen LogP contribution in [-0.2, 0) is 6.42 Å². The maximum Gasteiger partial charge on any atom is 0.0501 e. The minimum atomic E-state index is 0.691. The first-order valence-electron chi connectivity index (χ1n) is 4.79. The van der Waals surface area contributed by atoms with Crippen molar-refractivity contribution in [3.63, 3.8) is 0 Å². The summed E-state index contributed by atoms with van der Waals surface area (Å²) >= 11 is 0. The molecule has 0 amide bonds. The second kappa shape index (κ2) is 4.00. The number of hydrogen-bond acceptors (Lipinski definition) is 3. The molecule has 15 heavy (non-hydrogen) atoms. The fraction of sp³-hybridized carbons (Fsp3) is 0.0833. The van der Waals surface area contributed by atoms with Gasteiger partial charge in [0, 0.05) is 17.8 Å². The second-order valence-corrected chi connectivity index (χ2v) is 3.50. The third-order valence-electron chi connectivity index (χ3n) is 2.21. The summed E-state index contributed by atoms with van der Waals surface area (Å²) in [7, 11) is 0. The lowest BCUT2D eigenvalue weighted by atomic mass is 10.1. The number of pyridine rings is 1. The zero-order chi connectivity index (χ0) is 10.7. The van der Waals surface area contributed by atoms with Crippen LogP contribution in [0.25, 0.3) is 0 Å². The fourth-order valence-electron chi connectivity index (χ4n) is 1.39. The van der Waals surface area contributed by atoms with Crippen molar-refractivity contribution in [2.24, 2.45) is 0 Å². The van der Waals surface area contributed by atoms with Crippen LogP contribution < -0.4 is 11.5 Å². The Hall–Kier alpha value is -2.03. The molecule has 3 heteroatoms. The molecule has 1 aromatic heterocycles. The van der Waals surface area contributed by atoms with Gasteiger partial charge < -0.3 is 11.5 Å². The summed E-state index contributed by atoms with van der Waals surface area (Å²) in [5, 5.41) is 0. The minimum absolute atomic E-state index is 0.691. The molecule has 0 aliphatic carbocycles. The first kappa shape index (κ1) is 9.52. The van der Waals surface area contributed by atoms with Gasteiger partial charge in [0.15, 0.2) is 0 Å². The van der Waals surface area contributed by atoms with Gasteiger partial charge in [-0.1, -0.05) is 12.1 Å². The molecule has 0 spiro atoms. The number of nitrogen functional groups attached to an aromatic ring is 2. The molecule has 1 aromatic carbocycles. The Morgan fingerprint density at radius 2 is 1.53 bits per heavy atom. The van der Waals surface area contributed by atoms with Gasteiger partial charge >= 0.3 is 0 Å². The van der Waals surface area contributed by atoms with Gasteiger partial charge in [-0.3, -0.25) is 4.98 Å². The highest BCUT2D eigenvalue weighted by Crippen LogP contribution is 2.10.